The van der Waals surface area contributed by atoms with Crippen LogP contribution in [-0.2, 0) is 4.79 Å². The number of ether oxygens (including phenoxy) is 1. The number of aromatic nitrogens is 2. The van der Waals surface area contributed by atoms with E-state index in [1.165, 1.54) is 29.1 Å². The smallest absolute Gasteiger partial charge is 0.283 e. The monoisotopic (exact) mass is 341 g/mol. The summed E-state index contributed by atoms with van der Waals surface area (Å²) in [6.07, 6.45) is 3.15. The summed E-state index contributed by atoms with van der Waals surface area (Å²) in [7, 11) is 0. The second-order valence-electron chi connectivity index (χ2n) is 4.61. The Hall–Kier alpha value is -1.89. The van der Waals surface area contributed by atoms with Crippen LogP contribution in [0.3, 0.4) is 0 Å². The Balaban J connectivity index is 2.05. The third-order valence-electron chi connectivity index (χ3n) is 2.50. The number of nitrogens with one attached hydrogen (secondary N) is 1. The van der Waals surface area contributed by atoms with Gasteiger partial charge in [-0.25, -0.2) is 9.82 Å². The summed E-state index contributed by atoms with van der Waals surface area (Å²) < 4.78 is 19.1. The van der Waals surface area contributed by atoms with Crippen molar-refractivity contribution in [1.29, 1.82) is 0 Å². The highest BCUT2D eigenvalue weighted by atomic mass is 79.9. The summed E-state index contributed by atoms with van der Waals surface area (Å²) in [5.41, 5.74) is 1.44. The molecule has 0 bridgehead atoms. The van der Waals surface area contributed by atoms with E-state index in [0.717, 1.165) is 4.47 Å². The van der Waals surface area contributed by atoms with Crippen molar-refractivity contribution in [2.45, 2.75) is 19.4 Å². The summed E-state index contributed by atoms with van der Waals surface area (Å²) in [5, 5.41) is 3.92. The van der Waals surface area contributed by atoms with E-state index in [4.69, 9.17) is 4.74 Å². The lowest BCUT2D eigenvalue weighted by molar-refractivity contribution is -0.129. The average molecular weight is 342 g/mol. The quantitative estimate of drug-likeness (QED) is 0.930. The van der Waals surface area contributed by atoms with Gasteiger partial charge in [-0.05, 0) is 54.0 Å². The van der Waals surface area contributed by atoms with Gasteiger partial charge in [0.05, 0.1) is 16.9 Å². The normalized spacial score (nSPS) is 11.2. The highest BCUT2D eigenvalue weighted by Gasteiger charge is 2.30. The predicted octanol–water partition coefficient (Wildman–Crippen LogP) is 2.71. The van der Waals surface area contributed by atoms with Gasteiger partial charge in [-0.1, -0.05) is 0 Å². The zero-order chi connectivity index (χ0) is 14.8. The largest absolute Gasteiger partial charge is 0.478 e. The van der Waals surface area contributed by atoms with Crippen LogP contribution in [-0.4, -0.2) is 21.4 Å². The van der Waals surface area contributed by atoms with E-state index < -0.39 is 5.60 Å². The summed E-state index contributed by atoms with van der Waals surface area (Å²) in [5.74, 6) is -0.327. The molecule has 1 amide bonds. The molecule has 2 aromatic rings. The van der Waals surface area contributed by atoms with E-state index in [0.29, 0.717) is 5.75 Å². The molecule has 20 heavy (non-hydrogen) atoms. The highest BCUT2D eigenvalue weighted by Crippen LogP contribution is 2.19. The van der Waals surface area contributed by atoms with Crippen LogP contribution in [0, 0.1) is 5.82 Å². The minimum absolute atomic E-state index is 0.360. The third kappa shape index (κ3) is 3.57. The van der Waals surface area contributed by atoms with Crippen molar-refractivity contribution in [2.24, 2.45) is 0 Å². The number of benzene rings is 1. The zero-order valence-corrected chi connectivity index (χ0v) is 12.5. The Labute approximate surface area is 123 Å². The Bertz CT molecular complexity index is 610. The molecule has 1 aromatic carbocycles. The fourth-order valence-corrected chi connectivity index (χ4v) is 1.73. The lowest BCUT2D eigenvalue weighted by Gasteiger charge is -2.25. The zero-order valence-electron chi connectivity index (χ0n) is 10.9. The molecule has 0 saturated heterocycles. The number of rotatable bonds is 4. The van der Waals surface area contributed by atoms with Crippen LogP contribution in [0.25, 0.3) is 0 Å². The second-order valence-corrected chi connectivity index (χ2v) is 5.53. The van der Waals surface area contributed by atoms with Gasteiger partial charge in [0.2, 0.25) is 0 Å². The lowest BCUT2D eigenvalue weighted by Crippen LogP contribution is -2.45. The van der Waals surface area contributed by atoms with E-state index in [1.807, 2.05) is 0 Å². The van der Waals surface area contributed by atoms with Gasteiger partial charge in [0.25, 0.3) is 5.91 Å². The Morgan fingerprint density at radius 3 is 2.60 bits per heavy atom. The minimum Gasteiger partial charge on any atom is -0.478 e. The fraction of sp³-hybridized carbons (Fsp3) is 0.231. The first-order valence-electron chi connectivity index (χ1n) is 5.83. The number of hydrogen-bond acceptors (Lipinski definition) is 3. The van der Waals surface area contributed by atoms with E-state index in [9.17, 15) is 9.18 Å². The molecule has 0 spiro atoms. The molecule has 0 aliphatic carbocycles. The molecule has 0 radical (unpaired) electrons. The lowest BCUT2D eigenvalue weighted by atomic mass is 10.1. The summed E-state index contributed by atoms with van der Waals surface area (Å²) in [4.78, 5) is 13.4. The maximum absolute atomic E-state index is 12.8. The van der Waals surface area contributed by atoms with Gasteiger partial charge in [-0.3, -0.25) is 4.79 Å². The van der Waals surface area contributed by atoms with E-state index in [-0.39, 0.29) is 11.7 Å². The Morgan fingerprint density at radius 1 is 1.40 bits per heavy atom. The van der Waals surface area contributed by atoms with Gasteiger partial charge in [-0.15, -0.1) is 0 Å². The van der Waals surface area contributed by atoms with Gasteiger partial charge in [0, 0.05) is 0 Å². The molecular weight excluding hydrogens is 329 g/mol. The molecule has 0 saturated carbocycles. The van der Waals surface area contributed by atoms with Crippen molar-refractivity contribution in [3.63, 3.8) is 0 Å². The minimum atomic E-state index is -1.13. The van der Waals surface area contributed by atoms with Crippen LogP contribution in [0.5, 0.6) is 5.75 Å². The van der Waals surface area contributed by atoms with Gasteiger partial charge < -0.3 is 4.74 Å². The molecule has 1 N–H and O–H groups in total. The van der Waals surface area contributed by atoms with Crippen LogP contribution >= 0.6 is 15.9 Å². The molecular formula is C13H13BrFN3O2. The summed E-state index contributed by atoms with van der Waals surface area (Å²) in [6, 6.07) is 5.48. The van der Waals surface area contributed by atoms with Crippen molar-refractivity contribution in [3.05, 3.63) is 46.9 Å². The van der Waals surface area contributed by atoms with Crippen LogP contribution in [0.2, 0.25) is 0 Å². The number of halogens is 2. The second kappa shape index (κ2) is 5.62. The SMILES string of the molecule is CC(C)(Oc1ccc(F)cc1)C(=O)Nn1cc(Br)cn1. The predicted molar refractivity (Wildman–Crippen MR) is 75.4 cm³/mol. The van der Waals surface area contributed by atoms with Crippen molar-refractivity contribution < 1.29 is 13.9 Å². The third-order valence-corrected chi connectivity index (χ3v) is 2.91. The van der Waals surface area contributed by atoms with E-state index >= 15 is 0 Å². The number of amides is 1. The molecule has 1 heterocycles. The maximum atomic E-state index is 12.8. The van der Waals surface area contributed by atoms with Gasteiger partial charge in [0.15, 0.2) is 5.60 Å². The van der Waals surface area contributed by atoms with Crippen LogP contribution in [0.4, 0.5) is 4.39 Å². The molecule has 5 nitrogen and oxygen atoms in total. The Morgan fingerprint density at radius 2 is 2.05 bits per heavy atom. The van der Waals surface area contributed by atoms with Gasteiger partial charge in [0.1, 0.15) is 11.6 Å². The van der Waals surface area contributed by atoms with Crippen molar-refractivity contribution >= 4 is 21.8 Å². The first-order valence-corrected chi connectivity index (χ1v) is 6.62. The number of carbonyl (C=O) groups is 1. The molecule has 7 heteroatoms. The number of carbonyl (C=O) groups excluding carboxylic acids is 1. The van der Waals surface area contributed by atoms with E-state index in [2.05, 4.69) is 26.5 Å². The van der Waals surface area contributed by atoms with Gasteiger partial charge in [-0.2, -0.15) is 9.89 Å². The maximum Gasteiger partial charge on any atom is 0.283 e. The first kappa shape index (κ1) is 14.5. The molecule has 0 aliphatic rings. The van der Waals surface area contributed by atoms with Crippen molar-refractivity contribution in [1.82, 2.24) is 9.89 Å². The molecule has 0 unspecified atom stereocenters. The number of hydrogen-bond donors (Lipinski definition) is 1. The summed E-state index contributed by atoms with van der Waals surface area (Å²) >= 11 is 3.23. The highest BCUT2D eigenvalue weighted by molar-refractivity contribution is 9.10. The van der Waals surface area contributed by atoms with Gasteiger partial charge >= 0.3 is 0 Å². The average Bonchev–Trinajstić information content (AvgIpc) is 2.77. The summed E-state index contributed by atoms with van der Waals surface area (Å²) in [6.45, 7) is 3.23. The molecule has 0 fully saturated rings. The molecule has 1 aromatic heterocycles. The first-order chi connectivity index (χ1) is 9.37. The topological polar surface area (TPSA) is 56.1 Å². The Kier molecular flexibility index (Phi) is 4.08. The fourth-order valence-electron chi connectivity index (χ4n) is 1.44. The molecule has 106 valence electrons. The number of nitrogens with zero attached hydrogens (tertiary/aromatic N) is 2. The van der Waals surface area contributed by atoms with Crippen molar-refractivity contribution in [3.8, 4) is 5.75 Å². The molecule has 0 aliphatic heterocycles. The molecule has 2 rings (SSSR count). The molecule has 0 atom stereocenters. The van der Waals surface area contributed by atoms with Crippen LogP contribution < -0.4 is 10.2 Å². The van der Waals surface area contributed by atoms with E-state index in [1.54, 1.807) is 26.2 Å². The van der Waals surface area contributed by atoms with Crippen molar-refractivity contribution in [2.75, 3.05) is 5.43 Å². The van der Waals surface area contributed by atoms with Crippen LogP contribution in [0.15, 0.2) is 41.1 Å². The standard InChI is InChI=1S/C13H13BrFN3O2/c1-13(2,20-11-5-3-10(15)4-6-11)12(19)17-18-8-9(14)7-16-18/h3-8H,1-2H3,(H,17,19). The van der Waals surface area contributed by atoms with Crippen LogP contribution in [0.1, 0.15) is 13.8 Å².